The van der Waals surface area contributed by atoms with E-state index in [1.807, 2.05) is 0 Å². The Hall–Kier alpha value is -1.65. The molecule has 5 heteroatoms. The van der Waals surface area contributed by atoms with E-state index in [2.05, 4.69) is 0 Å². The number of benzene rings is 2. The highest BCUT2D eigenvalue weighted by Gasteiger charge is 2.16. The number of nitrogens with two attached hydrogens (primary N) is 1. The van der Waals surface area contributed by atoms with E-state index < -0.39 is 17.7 Å². The normalized spacial score (nSPS) is 12.3. The molecule has 0 amide bonds. The summed E-state index contributed by atoms with van der Waals surface area (Å²) in [6, 6.07) is 8.22. The van der Waals surface area contributed by atoms with Crippen molar-refractivity contribution in [2.24, 2.45) is 5.73 Å². The van der Waals surface area contributed by atoms with Crippen molar-refractivity contribution in [1.82, 2.24) is 0 Å². The summed E-state index contributed by atoms with van der Waals surface area (Å²) in [5.74, 6) is -1.56. The van der Waals surface area contributed by atoms with Crippen molar-refractivity contribution in [2.75, 3.05) is 0 Å². The minimum Gasteiger partial charge on any atom is -0.451 e. The largest absolute Gasteiger partial charge is 0.451 e. The van der Waals surface area contributed by atoms with Gasteiger partial charge in [-0.1, -0.05) is 29.8 Å². The average molecular weight is 284 g/mol. The molecule has 2 aromatic rings. The molecule has 100 valence electrons. The van der Waals surface area contributed by atoms with Gasteiger partial charge in [0.2, 0.25) is 0 Å². The average Bonchev–Trinajstić information content (AvgIpc) is 2.36. The second-order valence-corrected chi connectivity index (χ2v) is 4.51. The number of halogens is 3. The molecular formula is C14H12ClF2NO. The maximum absolute atomic E-state index is 13.8. The fraction of sp³-hybridized carbons (Fsp3) is 0.143. The van der Waals surface area contributed by atoms with Crippen LogP contribution in [0.2, 0.25) is 5.02 Å². The molecule has 0 saturated carbocycles. The maximum atomic E-state index is 13.8. The number of ether oxygens (including phenoxy) is 1. The summed E-state index contributed by atoms with van der Waals surface area (Å²) >= 11 is 5.65. The molecule has 0 saturated heterocycles. The standard InChI is InChI=1S/C14H12ClF2NO/c1-8(18)9-4-2-6-11(16)14(9)19-12-7-3-5-10(15)13(12)17/h2-8H,18H2,1H3. The Labute approximate surface area is 114 Å². The van der Waals surface area contributed by atoms with Crippen LogP contribution < -0.4 is 10.5 Å². The number of rotatable bonds is 3. The molecule has 19 heavy (non-hydrogen) atoms. The van der Waals surface area contributed by atoms with Crippen molar-refractivity contribution in [3.8, 4) is 11.5 Å². The van der Waals surface area contributed by atoms with Gasteiger partial charge in [0, 0.05) is 11.6 Å². The summed E-state index contributed by atoms with van der Waals surface area (Å²) in [5.41, 5.74) is 6.20. The van der Waals surface area contributed by atoms with Crippen molar-refractivity contribution in [3.05, 3.63) is 58.6 Å². The van der Waals surface area contributed by atoms with Gasteiger partial charge in [-0.25, -0.2) is 8.78 Å². The molecule has 1 atom stereocenters. The van der Waals surface area contributed by atoms with E-state index in [9.17, 15) is 8.78 Å². The van der Waals surface area contributed by atoms with Crippen LogP contribution in [0.25, 0.3) is 0 Å². The van der Waals surface area contributed by atoms with Gasteiger partial charge in [-0.05, 0) is 25.1 Å². The van der Waals surface area contributed by atoms with Crippen molar-refractivity contribution < 1.29 is 13.5 Å². The Morgan fingerprint density at radius 2 is 1.84 bits per heavy atom. The topological polar surface area (TPSA) is 35.2 Å². The van der Waals surface area contributed by atoms with Gasteiger partial charge < -0.3 is 10.5 Å². The zero-order chi connectivity index (χ0) is 14.0. The highest BCUT2D eigenvalue weighted by molar-refractivity contribution is 6.30. The van der Waals surface area contributed by atoms with Crippen LogP contribution >= 0.6 is 11.6 Å². The molecule has 0 fully saturated rings. The predicted octanol–water partition coefficient (Wildman–Crippen LogP) is 4.43. The van der Waals surface area contributed by atoms with E-state index in [-0.39, 0.29) is 16.5 Å². The fourth-order valence-corrected chi connectivity index (χ4v) is 1.83. The van der Waals surface area contributed by atoms with Crippen LogP contribution in [0.5, 0.6) is 11.5 Å². The third kappa shape index (κ3) is 2.85. The SMILES string of the molecule is CC(N)c1cccc(F)c1Oc1cccc(Cl)c1F. The molecule has 2 nitrogen and oxygen atoms in total. The highest BCUT2D eigenvalue weighted by Crippen LogP contribution is 2.34. The monoisotopic (exact) mass is 283 g/mol. The molecule has 2 aromatic carbocycles. The third-order valence-electron chi connectivity index (χ3n) is 2.62. The molecule has 0 bridgehead atoms. The van der Waals surface area contributed by atoms with Crippen LogP contribution in [0, 0.1) is 11.6 Å². The van der Waals surface area contributed by atoms with Crippen molar-refractivity contribution in [1.29, 1.82) is 0 Å². The van der Waals surface area contributed by atoms with Gasteiger partial charge in [0.25, 0.3) is 0 Å². The first-order valence-electron chi connectivity index (χ1n) is 5.66. The summed E-state index contributed by atoms with van der Waals surface area (Å²) < 4.78 is 32.8. The first-order valence-corrected chi connectivity index (χ1v) is 6.04. The second-order valence-electron chi connectivity index (χ2n) is 4.10. The lowest BCUT2D eigenvalue weighted by Gasteiger charge is -2.15. The van der Waals surface area contributed by atoms with Gasteiger partial charge in [-0.2, -0.15) is 0 Å². The molecule has 0 aliphatic carbocycles. The van der Waals surface area contributed by atoms with E-state index >= 15 is 0 Å². The van der Waals surface area contributed by atoms with E-state index in [1.54, 1.807) is 13.0 Å². The molecule has 0 aromatic heterocycles. The molecule has 0 spiro atoms. The Balaban J connectivity index is 2.46. The minimum atomic E-state index is -0.733. The Bertz CT molecular complexity index is 602. The lowest BCUT2D eigenvalue weighted by molar-refractivity contribution is 0.407. The summed E-state index contributed by atoms with van der Waals surface area (Å²) in [7, 11) is 0. The summed E-state index contributed by atoms with van der Waals surface area (Å²) in [6.07, 6.45) is 0. The van der Waals surface area contributed by atoms with Crippen molar-refractivity contribution in [3.63, 3.8) is 0 Å². The zero-order valence-electron chi connectivity index (χ0n) is 10.2. The summed E-state index contributed by atoms with van der Waals surface area (Å²) in [5, 5.41) is -0.0869. The second kappa shape index (κ2) is 5.55. The molecular weight excluding hydrogens is 272 g/mol. The highest BCUT2D eigenvalue weighted by atomic mass is 35.5. The van der Waals surface area contributed by atoms with Crippen molar-refractivity contribution >= 4 is 11.6 Å². The molecule has 0 heterocycles. The maximum Gasteiger partial charge on any atom is 0.184 e. The van der Waals surface area contributed by atoms with Crippen LogP contribution in [0.1, 0.15) is 18.5 Å². The summed E-state index contributed by atoms with van der Waals surface area (Å²) in [6.45, 7) is 1.69. The van der Waals surface area contributed by atoms with Crippen LogP contribution in [-0.2, 0) is 0 Å². The van der Waals surface area contributed by atoms with Gasteiger partial charge >= 0.3 is 0 Å². The number of para-hydroxylation sites is 1. The first kappa shape index (κ1) is 13.8. The quantitative estimate of drug-likeness (QED) is 0.904. The fourth-order valence-electron chi connectivity index (χ4n) is 1.66. The van der Waals surface area contributed by atoms with Crippen molar-refractivity contribution in [2.45, 2.75) is 13.0 Å². The molecule has 2 N–H and O–H groups in total. The van der Waals surface area contributed by atoms with E-state index in [1.165, 1.54) is 30.3 Å². The van der Waals surface area contributed by atoms with Crippen LogP contribution in [-0.4, -0.2) is 0 Å². The van der Waals surface area contributed by atoms with Gasteiger partial charge in [-0.3, -0.25) is 0 Å². The molecule has 0 aliphatic heterocycles. The molecule has 1 unspecified atom stereocenters. The third-order valence-corrected chi connectivity index (χ3v) is 2.91. The van der Waals surface area contributed by atoms with Gasteiger partial charge in [0.15, 0.2) is 23.1 Å². The van der Waals surface area contributed by atoms with Gasteiger partial charge in [0.1, 0.15) is 0 Å². The Kier molecular flexibility index (Phi) is 4.02. The van der Waals surface area contributed by atoms with E-state index in [4.69, 9.17) is 22.1 Å². The predicted molar refractivity (Wildman–Crippen MR) is 70.5 cm³/mol. The van der Waals surface area contributed by atoms with E-state index in [0.717, 1.165) is 0 Å². The lowest BCUT2D eigenvalue weighted by Crippen LogP contribution is -2.08. The number of hydrogen-bond donors (Lipinski definition) is 1. The summed E-state index contributed by atoms with van der Waals surface area (Å²) in [4.78, 5) is 0. The van der Waals surface area contributed by atoms with E-state index in [0.29, 0.717) is 5.56 Å². The van der Waals surface area contributed by atoms with Crippen LogP contribution in [0.15, 0.2) is 36.4 Å². The number of hydrogen-bond acceptors (Lipinski definition) is 2. The van der Waals surface area contributed by atoms with Crippen LogP contribution in [0.3, 0.4) is 0 Å². The van der Waals surface area contributed by atoms with Gasteiger partial charge in [0.05, 0.1) is 5.02 Å². The van der Waals surface area contributed by atoms with Crippen LogP contribution in [0.4, 0.5) is 8.78 Å². The molecule has 0 radical (unpaired) electrons. The lowest BCUT2D eigenvalue weighted by atomic mass is 10.1. The minimum absolute atomic E-state index is 0.0846. The Morgan fingerprint density at radius 3 is 2.53 bits per heavy atom. The smallest absolute Gasteiger partial charge is 0.184 e. The Morgan fingerprint density at radius 1 is 1.16 bits per heavy atom. The molecule has 0 aliphatic rings. The zero-order valence-corrected chi connectivity index (χ0v) is 10.9. The van der Waals surface area contributed by atoms with Gasteiger partial charge in [-0.15, -0.1) is 0 Å². The molecule has 2 rings (SSSR count). The first-order chi connectivity index (χ1) is 9.00.